The SMILES string of the molecule is CN=C(NCC1(c2ccc3c(c2)OCO3)CCOCC1)N1CCOC(C2CCCO2)C1.I. The summed E-state index contributed by atoms with van der Waals surface area (Å²) in [6.07, 6.45) is 4.43. The predicted molar refractivity (Wildman–Crippen MR) is 131 cm³/mol. The molecule has 4 aliphatic heterocycles. The maximum Gasteiger partial charge on any atom is 0.231 e. The van der Waals surface area contributed by atoms with Crippen molar-refractivity contribution in [2.24, 2.45) is 4.99 Å². The van der Waals surface area contributed by atoms with Gasteiger partial charge in [0, 0.05) is 51.9 Å². The number of hydrogen-bond acceptors (Lipinski definition) is 6. The van der Waals surface area contributed by atoms with Gasteiger partial charge in [0.25, 0.3) is 0 Å². The monoisotopic (exact) mass is 559 g/mol. The molecule has 32 heavy (non-hydrogen) atoms. The molecule has 3 fully saturated rings. The summed E-state index contributed by atoms with van der Waals surface area (Å²) in [5.74, 6) is 2.58. The Labute approximate surface area is 207 Å². The molecule has 1 aromatic carbocycles. The second-order valence-corrected chi connectivity index (χ2v) is 8.77. The Balaban J connectivity index is 0.00000245. The Kier molecular flexibility index (Phi) is 8.01. The van der Waals surface area contributed by atoms with Crippen molar-refractivity contribution < 1.29 is 23.7 Å². The van der Waals surface area contributed by atoms with Crippen LogP contribution in [0, 0.1) is 0 Å². The highest BCUT2D eigenvalue weighted by molar-refractivity contribution is 14.0. The minimum Gasteiger partial charge on any atom is -0.454 e. The number of ether oxygens (including phenoxy) is 5. The van der Waals surface area contributed by atoms with Crippen LogP contribution in [0.5, 0.6) is 11.5 Å². The Morgan fingerprint density at radius 1 is 1.09 bits per heavy atom. The number of guanidine groups is 1. The second kappa shape index (κ2) is 10.8. The van der Waals surface area contributed by atoms with Crippen LogP contribution >= 0.6 is 24.0 Å². The molecule has 4 heterocycles. The topological polar surface area (TPSA) is 73.8 Å². The summed E-state index contributed by atoms with van der Waals surface area (Å²) >= 11 is 0. The van der Waals surface area contributed by atoms with E-state index in [0.717, 1.165) is 82.6 Å². The van der Waals surface area contributed by atoms with Gasteiger partial charge in [0.2, 0.25) is 6.79 Å². The number of fused-ring (bicyclic) bond motifs is 1. The lowest BCUT2D eigenvalue weighted by Gasteiger charge is -2.41. The Morgan fingerprint density at radius 3 is 2.69 bits per heavy atom. The largest absolute Gasteiger partial charge is 0.454 e. The molecule has 9 heteroatoms. The average Bonchev–Trinajstić information content (AvgIpc) is 3.52. The maximum atomic E-state index is 6.02. The van der Waals surface area contributed by atoms with Crippen LogP contribution in [-0.2, 0) is 19.6 Å². The fourth-order valence-corrected chi connectivity index (χ4v) is 5.13. The van der Waals surface area contributed by atoms with Crippen LogP contribution in [0.25, 0.3) is 0 Å². The molecule has 0 saturated carbocycles. The molecular formula is C23H34IN3O5. The predicted octanol–water partition coefficient (Wildman–Crippen LogP) is 2.54. The Bertz CT molecular complexity index is 796. The van der Waals surface area contributed by atoms with E-state index in [4.69, 9.17) is 23.7 Å². The van der Waals surface area contributed by atoms with Crippen LogP contribution in [0.15, 0.2) is 23.2 Å². The molecule has 0 bridgehead atoms. The molecule has 8 nitrogen and oxygen atoms in total. The third-order valence-electron chi connectivity index (χ3n) is 7.00. The first-order valence-corrected chi connectivity index (χ1v) is 11.4. The highest BCUT2D eigenvalue weighted by atomic mass is 127. The van der Waals surface area contributed by atoms with Crippen LogP contribution in [0.4, 0.5) is 0 Å². The zero-order chi connectivity index (χ0) is 21.1. The number of halogens is 1. The number of benzene rings is 1. The quantitative estimate of drug-likeness (QED) is 0.346. The van der Waals surface area contributed by atoms with E-state index in [9.17, 15) is 0 Å². The number of morpholine rings is 1. The zero-order valence-corrected chi connectivity index (χ0v) is 21.0. The molecule has 4 aliphatic rings. The Morgan fingerprint density at radius 2 is 1.91 bits per heavy atom. The molecule has 2 atom stereocenters. The molecule has 1 N–H and O–H groups in total. The highest BCUT2D eigenvalue weighted by Crippen LogP contribution is 2.40. The summed E-state index contributed by atoms with van der Waals surface area (Å²) in [7, 11) is 1.86. The van der Waals surface area contributed by atoms with Gasteiger partial charge in [-0.2, -0.15) is 0 Å². The molecule has 5 rings (SSSR count). The molecule has 2 unspecified atom stereocenters. The van der Waals surface area contributed by atoms with E-state index in [2.05, 4.69) is 27.3 Å². The lowest BCUT2D eigenvalue weighted by atomic mass is 9.74. The van der Waals surface area contributed by atoms with Gasteiger partial charge in [0.15, 0.2) is 17.5 Å². The second-order valence-electron chi connectivity index (χ2n) is 8.77. The summed E-state index contributed by atoms with van der Waals surface area (Å²) in [5, 5.41) is 3.68. The molecule has 0 aliphatic carbocycles. The molecule has 1 aromatic rings. The van der Waals surface area contributed by atoms with Crippen LogP contribution in [0.1, 0.15) is 31.2 Å². The first-order chi connectivity index (χ1) is 15.3. The van der Waals surface area contributed by atoms with E-state index in [0.29, 0.717) is 13.4 Å². The van der Waals surface area contributed by atoms with Crippen molar-refractivity contribution in [3.63, 3.8) is 0 Å². The third kappa shape index (κ3) is 4.95. The summed E-state index contributed by atoms with van der Waals surface area (Å²) in [6, 6.07) is 6.34. The fourth-order valence-electron chi connectivity index (χ4n) is 5.13. The molecule has 0 amide bonds. The van der Waals surface area contributed by atoms with Crippen molar-refractivity contribution >= 4 is 29.9 Å². The van der Waals surface area contributed by atoms with E-state index in [1.807, 2.05) is 13.1 Å². The van der Waals surface area contributed by atoms with Crippen molar-refractivity contribution in [1.29, 1.82) is 0 Å². The van der Waals surface area contributed by atoms with Crippen LogP contribution in [0.3, 0.4) is 0 Å². The molecular weight excluding hydrogens is 525 g/mol. The standard InChI is InChI=1S/C23H33N3O5.HI/c1-24-22(26-8-12-29-21(14-26)18-3-2-9-28-18)25-15-23(6-10-27-11-7-23)17-4-5-19-20(13-17)31-16-30-19;/h4-5,13,18,21H,2-3,6-12,14-16H2,1H3,(H,24,25);1H. The summed E-state index contributed by atoms with van der Waals surface area (Å²) in [5.41, 5.74) is 1.23. The first kappa shape index (κ1) is 23.8. The van der Waals surface area contributed by atoms with Gasteiger partial charge in [-0.05, 0) is 43.4 Å². The van der Waals surface area contributed by atoms with Crippen molar-refractivity contribution in [1.82, 2.24) is 10.2 Å². The molecule has 3 saturated heterocycles. The van der Waals surface area contributed by atoms with Gasteiger partial charge in [-0.25, -0.2) is 0 Å². The highest BCUT2D eigenvalue weighted by Gasteiger charge is 2.37. The summed E-state index contributed by atoms with van der Waals surface area (Å²) in [4.78, 5) is 6.91. The lowest BCUT2D eigenvalue weighted by Crippen LogP contribution is -2.55. The molecule has 0 spiro atoms. The maximum absolute atomic E-state index is 6.02. The molecule has 178 valence electrons. The van der Waals surface area contributed by atoms with E-state index in [1.165, 1.54) is 5.56 Å². The minimum atomic E-state index is -0.0323. The van der Waals surface area contributed by atoms with Gasteiger partial charge in [-0.3, -0.25) is 4.99 Å². The normalized spacial score (nSPS) is 27.2. The van der Waals surface area contributed by atoms with Crippen molar-refractivity contribution in [2.45, 2.75) is 43.3 Å². The van der Waals surface area contributed by atoms with E-state index < -0.39 is 0 Å². The Hall–Kier alpha value is -1.30. The average molecular weight is 559 g/mol. The number of rotatable bonds is 4. The fraction of sp³-hybridized carbons (Fsp3) is 0.696. The summed E-state index contributed by atoms with van der Waals surface area (Å²) < 4.78 is 28.8. The number of hydrogen-bond donors (Lipinski definition) is 1. The van der Waals surface area contributed by atoms with Crippen LogP contribution in [-0.4, -0.2) is 83.0 Å². The number of nitrogens with one attached hydrogen (secondary N) is 1. The van der Waals surface area contributed by atoms with Crippen molar-refractivity contribution in [3.05, 3.63) is 23.8 Å². The van der Waals surface area contributed by atoms with Gasteiger partial charge in [0.1, 0.15) is 6.10 Å². The van der Waals surface area contributed by atoms with Gasteiger partial charge >= 0.3 is 0 Å². The molecule has 0 aromatic heterocycles. The first-order valence-electron chi connectivity index (χ1n) is 11.4. The summed E-state index contributed by atoms with van der Waals surface area (Å²) in [6.45, 7) is 5.80. The van der Waals surface area contributed by atoms with Crippen LogP contribution < -0.4 is 14.8 Å². The van der Waals surface area contributed by atoms with E-state index in [1.54, 1.807) is 0 Å². The minimum absolute atomic E-state index is 0. The third-order valence-corrected chi connectivity index (χ3v) is 7.00. The number of nitrogens with zero attached hydrogens (tertiary/aromatic N) is 2. The van der Waals surface area contributed by atoms with Gasteiger partial charge in [-0.15, -0.1) is 24.0 Å². The molecule has 0 radical (unpaired) electrons. The van der Waals surface area contributed by atoms with Gasteiger partial charge in [-0.1, -0.05) is 6.07 Å². The number of aliphatic imine (C=N–C) groups is 1. The van der Waals surface area contributed by atoms with Gasteiger partial charge in [0.05, 0.1) is 12.7 Å². The lowest BCUT2D eigenvalue weighted by molar-refractivity contribution is -0.0817. The van der Waals surface area contributed by atoms with E-state index in [-0.39, 0.29) is 41.6 Å². The smallest absolute Gasteiger partial charge is 0.231 e. The zero-order valence-electron chi connectivity index (χ0n) is 18.7. The van der Waals surface area contributed by atoms with Crippen molar-refractivity contribution in [2.75, 3.05) is 59.9 Å². The van der Waals surface area contributed by atoms with E-state index >= 15 is 0 Å². The van der Waals surface area contributed by atoms with Crippen molar-refractivity contribution in [3.8, 4) is 11.5 Å². The van der Waals surface area contributed by atoms with Crippen LogP contribution in [0.2, 0.25) is 0 Å². The van der Waals surface area contributed by atoms with Gasteiger partial charge < -0.3 is 33.9 Å².